The monoisotopic (exact) mass is 263 g/mol. The summed E-state index contributed by atoms with van der Waals surface area (Å²) in [6.07, 6.45) is 0.657. The van der Waals surface area contributed by atoms with E-state index in [0.717, 1.165) is 4.90 Å². The second kappa shape index (κ2) is 4.88. The first-order chi connectivity index (χ1) is 6.67. The lowest BCUT2D eigenvalue weighted by molar-refractivity contribution is 0.525. The topological polar surface area (TPSA) is 71.5 Å². The van der Waals surface area contributed by atoms with E-state index in [0.29, 0.717) is 6.20 Å². The van der Waals surface area contributed by atoms with Gasteiger partial charge in [-0.3, -0.25) is 0 Å². The van der Waals surface area contributed by atoms with E-state index in [1.165, 1.54) is 14.1 Å². The van der Waals surface area contributed by atoms with Gasteiger partial charge in [0.05, 0.1) is 0 Å². The fraction of sp³-hybridized carbons (Fsp3) is 0.667. The SMILES string of the molecule is CN(C)C=C(S(=O)(=O)CF)S(=O)(=O)CF. The molecule has 0 unspecified atom stereocenters. The lowest BCUT2D eigenvalue weighted by Gasteiger charge is -2.09. The maximum absolute atomic E-state index is 12.1. The minimum Gasteiger partial charge on any atom is -0.382 e. The van der Waals surface area contributed by atoms with Crippen molar-refractivity contribution in [3.05, 3.63) is 10.4 Å². The van der Waals surface area contributed by atoms with Crippen LogP contribution in [0.15, 0.2) is 10.4 Å². The van der Waals surface area contributed by atoms with Gasteiger partial charge in [-0.2, -0.15) is 0 Å². The Balaban J connectivity index is 5.70. The Morgan fingerprint density at radius 1 is 1.07 bits per heavy atom. The van der Waals surface area contributed by atoms with Crippen LogP contribution in [0.1, 0.15) is 0 Å². The number of hydrogen-bond acceptors (Lipinski definition) is 5. The molecule has 5 nitrogen and oxygen atoms in total. The molecule has 0 aliphatic carbocycles. The molecule has 0 aromatic carbocycles. The summed E-state index contributed by atoms with van der Waals surface area (Å²) in [6.45, 7) is 0. The molecule has 9 heteroatoms. The highest BCUT2D eigenvalue weighted by Gasteiger charge is 2.30. The van der Waals surface area contributed by atoms with Crippen LogP contribution in [0.5, 0.6) is 0 Å². The van der Waals surface area contributed by atoms with E-state index in [2.05, 4.69) is 0 Å². The molecular formula is C6H11F2NO4S2. The van der Waals surface area contributed by atoms with Crippen LogP contribution in [0.2, 0.25) is 0 Å². The minimum atomic E-state index is -4.60. The zero-order valence-electron chi connectivity index (χ0n) is 8.14. The molecule has 0 saturated heterocycles. The Kier molecular flexibility index (Phi) is 4.65. The van der Waals surface area contributed by atoms with E-state index in [1.807, 2.05) is 0 Å². The Morgan fingerprint density at radius 2 is 1.40 bits per heavy atom. The number of rotatable bonds is 5. The van der Waals surface area contributed by atoms with Crippen LogP contribution in [0.3, 0.4) is 0 Å². The van der Waals surface area contributed by atoms with Gasteiger partial charge in [-0.1, -0.05) is 0 Å². The third-order valence-corrected chi connectivity index (χ3v) is 4.80. The van der Waals surface area contributed by atoms with Crippen LogP contribution in [-0.4, -0.2) is 47.8 Å². The smallest absolute Gasteiger partial charge is 0.219 e. The zero-order chi connectivity index (χ0) is 12.3. The van der Waals surface area contributed by atoms with Gasteiger partial charge in [-0.25, -0.2) is 25.6 Å². The molecule has 0 aliphatic heterocycles. The molecule has 0 atom stereocenters. The van der Waals surface area contributed by atoms with Crippen molar-refractivity contribution in [3.63, 3.8) is 0 Å². The maximum Gasteiger partial charge on any atom is 0.219 e. The third-order valence-electron chi connectivity index (χ3n) is 1.26. The average Bonchev–Trinajstić information content (AvgIpc) is 2.13. The summed E-state index contributed by atoms with van der Waals surface area (Å²) >= 11 is 0. The lowest BCUT2D eigenvalue weighted by atomic mass is 10.8. The van der Waals surface area contributed by atoms with Gasteiger partial charge in [0.2, 0.25) is 19.7 Å². The molecule has 0 fully saturated rings. The summed E-state index contributed by atoms with van der Waals surface area (Å²) in [5, 5.41) is 0. The van der Waals surface area contributed by atoms with Gasteiger partial charge < -0.3 is 4.90 Å². The number of hydrogen-bond donors (Lipinski definition) is 0. The largest absolute Gasteiger partial charge is 0.382 e. The molecule has 0 spiro atoms. The van der Waals surface area contributed by atoms with Crippen molar-refractivity contribution in [2.24, 2.45) is 0 Å². The Morgan fingerprint density at radius 3 is 1.60 bits per heavy atom. The molecule has 90 valence electrons. The van der Waals surface area contributed by atoms with Gasteiger partial charge in [0, 0.05) is 20.3 Å². The molecule has 0 N–H and O–H groups in total. The quantitative estimate of drug-likeness (QED) is 0.700. The highest BCUT2D eigenvalue weighted by molar-refractivity contribution is 8.14. The molecule has 0 aromatic heterocycles. The van der Waals surface area contributed by atoms with Crippen LogP contribution >= 0.6 is 0 Å². The number of halogens is 2. The summed E-state index contributed by atoms with van der Waals surface area (Å²) in [4.78, 5) is 1.08. The average molecular weight is 263 g/mol. The van der Waals surface area contributed by atoms with Gasteiger partial charge in [0.25, 0.3) is 0 Å². The van der Waals surface area contributed by atoms with Crippen molar-refractivity contribution in [3.8, 4) is 0 Å². The van der Waals surface area contributed by atoms with Crippen molar-refractivity contribution in [1.82, 2.24) is 4.90 Å². The summed E-state index contributed by atoms with van der Waals surface area (Å²) < 4.78 is 67.1. The van der Waals surface area contributed by atoms with Gasteiger partial charge in [-0.15, -0.1) is 0 Å². The van der Waals surface area contributed by atoms with E-state index in [4.69, 9.17) is 0 Å². The predicted molar refractivity (Wildman–Crippen MR) is 51.6 cm³/mol. The van der Waals surface area contributed by atoms with Gasteiger partial charge in [0.15, 0.2) is 16.3 Å². The molecule has 0 heterocycles. The Labute approximate surface area is 87.2 Å². The normalized spacial score (nSPS) is 12.3. The zero-order valence-corrected chi connectivity index (χ0v) is 9.78. The van der Waals surface area contributed by atoms with E-state index >= 15 is 0 Å². The number of nitrogens with zero attached hydrogens (tertiary/aromatic N) is 1. The highest BCUT2D eigenvalue weighted by Crippen LogP contribution is 2.17. The molecule has 0 amide bonds. The summed E-state index contributed by atoms with van der Waals surface area (Å²) in [7, 11) is -6.53. The van der Waals surface area contributed by atoms with E-state index in [9.17, 15) is 25.6 Å². The number of sulfone groups is 2. The molecular weight excluding hydrogens is 252 g/mol. The maximum atomic E-state index is 12.1. The van der Waals surface area contributed by atoms with Crippen LogP contribution in [0, 0.1) is 0 Å². The summed E-state index contributed by atoms with van der Waals surface area (Å²) in [6, 6.07) is -3.77. The molecule has 0 rings (SSSR count). The standard InChI is InChI=1S/C6H11F2NO4S2/c1-9(2)3-6(14(10,11)4-7)15(12,13)5-8/h3H,4-5H2,1-2H3. The first-order valence-electron chi connectivity index (χ1n) is 3.63. The van der Waals surface area contributed by atoms with Crippen molar-refractivity contribution in [2.75, 3.05) is 26.1 Å². The first kappa shape index (κ1) is 14.3. The Bertz CT molecular complexity index is 402. The molecule has 0 bridgehead atoms. The van der Waals surface area contributed by atoms with Gasteiger partial charge >= 0.3 is 0 Å². The predicted octanol–water partition coefficient (Wildman–Crippen LogP) is 0.0305. The van der Waals surface area contributed by atoms with Crippen molar-refractivity contribution < 1.29 is 25.6 Å². The molecule has 0 radical (unpaired) electrons. The second-order valence-corrected chi connectivity index (χ2v) is 6.89. The Hall–Kier alpha value is -0.700. The molecule has 15 heavy (non-hydrogen) atoms. The number of alkyl halides is 2. The fourth-order valence-corrected chi connectivity index (χ4v) is 3.45. The molecule has 0 aromatic rings. The molecule has 0 aliphatic rings. The van der Waals surface area contributed by atoms with Crippen molar-refractivity contribution >= 4 is 19.7 Å². The van der Waals surface area contributed by atoms with Crippen molar-refractivity contribution in [2.45, 2.75) is 0 Å². The third kappa shape index (κ3) is 3.74. The molecule has 0 saturated carbocycles. The van der Waals surface area contributed by atoms with Crippen LogP contribution in [0.4, 0.5) is 8.78 Å². The van der Waals surface area contributed by atoms with Crippen LogP contribution in [-0.2, 0) is 19.7 Å². The van der Waals surface area contributed by atoms with Crippen LogP contribution < -0.4 is 0 Å². The lowest BCUT2D eigenvalue weighted by Crippen LogP contribution is -2.19. The minimum absolute atomic E-state index is 0.657. The van der Waals surface area contributed by atoms with E-state index in [-0.39, 0.29) is 0 Å². The van der Waals surface area contributed by atoms with Crippen LogP contribution in [0.25, 0.3) is 0 Å². The fourth-order valence-electron chi connectivity index (χ4n) is 0.672. The van der Waals surface area contributed by atoms with Gasteiger partial charge in [0.1, 0.15) is 0 Å². The van der Waals surface area contributed by atoms with Gasteiger partial charge in [-0.05, 0) is 0 Å². The summed E-state index contributed by atoms with van der Waals surface area (Å²) in [5.41, 5.74) is 0. The van der Waals surface area contributed by atoms with E-state index in [1.54, 1.807) is 0 Å². The summed E-state index contributed by atoms with van der Waals surface area (Å²) in [5.74, 6) is 0. The van der Waals surface area contributed by atoms with Crippen molar-refractivity contribution in [1.29, 1.82) is 0 Å². The first-order valence-corrected chi connectivity index (χ1v) is 6.93. The van der Waals surface area contributed by atoms with E-state index < -0.39 is 35.9 Å². The highest BCUT2D eigenvalue weighted by atomic mass is 32.3. The second-order valence-electron chi connectivity index (χ2n) is 2.86.